The molecule has 0 aliphatic heterocycles. The van der Waals surface area contributed by atoms with Gasteiger partial charge in [-0.2, -0.15) is 4.37 Å². The SMILES string of the molecule is CCn1ccc(=O)n(Cc2sncc2Br)c1=O. The van der Waals surface area contributed by atoms with Crippen molar-refractivity contribution in [2.24, 2.45) is 0 Å². The van der Waals surface area contributed by atoms with E-state index in [1.165, 1.54) is 32.9 Å². The van der Waals surface area contributed by atoms with Crippen molar-refractivity contribution in [1.82, 2.24) is 13.5 Å². The third kappa shape index (κ3) is 2.39. The summed E-state index contributed by atoms with van der Waals surface area (Å²) in [5.41, 5.74) is -0.583. The molecule has 0 radical (unpaired) electrons. The molecular formula is C10H10BrN3O2S. The lowest BCUT2D eigenvalue weighted by molar-refractivity contribution is 0.602. The van der Waals surface area contributed by atoms with Gasteiger partial charge in [0, 0.05) is 18.8 Å². The zero-order chi connectivity index (χ0) is 12.4. The Labute approximate surface area is 110 Å². The van der Waals surface area contributed by atoms with Gasteiger partial charge in [-0.15, -0.1) is 0 Å². The topological polar surface area (TPSA) is 56.9 Å². The molecule has 0 spiro atoms. The summed E-state index contributed by atoms with van der Waals surface area (Å²) in [4.78, 5) is 24.5. The molecule has 2 heterocycles. The molecule has 0 atom stereocenters. The number of nitrogens with zero attached hydrogens (tertiary/aromatic N) is 3. The predicted octanol–water partition coefficient (Wildman–Crippen LogP) is 1.30. The van der Waals surface area contributed by atoms with Crippen molar-refractivity contribution in [3.05, 3.63) is 48.6 Å². The molecule has 0 fully saturated rings. The normalized spacial score (nSPS) is 10.7. The Morgan fingerprint density at radius 2 is 2.24 bits per heavy atom. The van der Waals surface area contributed by atoms with Crippen LogP contribution in [0.15, 0.2) is 32.5 Å². The summed E-state index contributed by atoms with van der Waals surface area (Å²) in [6, 6.07) is 1.40. The van der Waals surface area contributed by atoms with Crippen LogP contribution < -0.4 is 11.2 Å². The summed E-state index contributed by atoms with van der Waals surface area (Å²) in [5.74, 6) is 0. The average molecular weight is 316 g/mol. The third-order valence-corrected chi connectivity index (χ3v) is 4.10. The van der Waals surface area contributed by atoms with Crippen LogP contribution in [0, 0.1) is 0 Å². The maximum absolute atomic E-state index is 12.0. The number of rotatable bonds is 3. The Kier molecular flexibility index (Phi) is 3.58. The molecule has 5 nitrogen and oxygen atoms in total. The second kappa shape index (κ2) is 4.97. The lowest BCUT2D eigenvalue weighted by atomic mass is 10.4. The Morgan fingerprint density at radius 3 is 2.82 bits per heavy atom. The minimum Gasteiger partial charge on any atom is -0.301 e. The highest BCUT2D eigenvalue weighted by molar-refractivity contribution is 9.10. The van der Waals surface area contributed by atoms with Crippen molar-refractivity contribution >= 4 is 27.5 Å². The lowest BCUT2D eigenvalue weighted by Gasteiger charge is -2.06. The third-order valence-electron chi connectivity index (χ3n) is 2.38. The highest BCUT2D eigenvalue weighted by Gasteiger charge is 2.09. The fourth-order valence-corrected chi connectivity index (χ4v) is 2.64. The van der Waals surface area contributed by atoms with E-state index >= 15 is 0 Å². The van der Waals surface area contributed by atoms with E-state index in [2.05, 4.69) is 20.3 Å². The van der Waals surface area contributed by atoms with Crippen molar-refractivity contribution in [2.45, 2.75) is 20.0 Å². The molecule has 7 heteroatoms. The van der Waals surface area contributed by atoms with Gasteiger partial charge in [0.05, 0.1) is 22.1 Å². The van der Waals surface area contributed by atoms with Gasteiger partial charge in [0.2, 0.25) is 0 Å². The number of hydrogen-bond acceptors (Lipinski definition) is 4. The summed E-state index contributed by atoms with van der Waals surface area (Å²) < 4.78 is 7.52. The molecule has 0 saturated carbocycles. The van der Waals surface area contributed by atoms with Gasteiger partial charge in [0.25, 0.3) is 5.56 Å². The molecule has 2 aromatic heterocycles. The highest BCUT2D eigenvalue weighted by atomic mass is 79.9. The lowest BCUT2D eigenvalue weighted by Crippen LogP contribution is -2.38. The van der Waals surface area contributed by atoms with Gasteiger partial charge < -0.3 is 4.57 Å². The molecule has 0 aliphatic carbocycles. The van der Waals surface area contributed by atoms with Crippen molar-refractivity contribution in [2.75, 3.05) is 0 Å². The summed E-state index contributed by atoms with van der Waals surface area (Å²) in [7, 11) is 0. The Morgan fingerprint density at radius 1 is 1.47 bits per heavy atom. The van der Waals surface area contributed by atoms with E-state index in [1.54, 1.807) is 6.20 Å². The van der Waals surface area contributed by atoms with Gasteiger partial charge >= 0.3 is 5.69 Å². The minimum atomic E-state index is -0.292. The maximum Gasteiger partial charge on any atom is 0.331 e. The number of hydrogen-bond donors (Lipinski definition) is 0. The van der Waals surface area contributed by atoms with Gasteiger partial charge in [0.15, 0.2) is 0 Å². The summed E-state index contributed by atoms with van der Waals surface area (Å²) in [6.45, 7) is 2.66. The molecule has 0 bridgehead atoms. The molecule has 17 heavy (non-hydrogen) atoms. The van der Waals surface area contributed by atoms with Crippen molar-refractivity contribution < 1.29 is 0 Å². The van der Waals surface area contributed by atoms with Gasteiger partial charge in [-0.1, -0.05) is 0 Å². The first-order valence-corrected chi connectivity index (χ1v) is 6.59. The zero-order valence-electron chi connectivity index (χ0n) is 9.09. The molecule has 0 saturated heterocycles. The summed E-state index contributed by atoms with van der Waals surface area (Å²) in [6.07, 6.45) is 3.18. The van der Waals surface area contributed by atoms with Gasteiger partial charge in [-0.05, 0) is 34.4 Å². The molecule has 0 aromatic carbocycles. The van der Waals surface area contributed by atoms with Crippen molar-refractivity contribution in [3.8, 4) is 0 Å². The number of aryl methyl sites for hydroxylation is 1. The number of aromatic nitrogens is 3. The van der Waals surface area contributed by atoms with Crippen LogP contribution in [-0.2, 0) is 13.1 Å². The smallest absolute Gasteiger partial charge is 0.301 e. The second-order valence-electron chi connectivity index (χ2n) is 3.41. The first-order valence-electron chi connectivity index (χ1n) is 5.02. The summed E-state index contributed by atoms with van der Waals surface area (Å²) in [5, 5.41) is 0. The molecular weight excluding hydrogens is 306 g/mol. The van der Waals surface area contributed by atoms with Crippen LogP contribution in [0.5, 0.6) is 0 Å². The van der Waals surface area contributed by atoms with Gasteiger partial charge in [-0.3, -0.25) is 9.36 Å². The first-order chi connectivity index (χ1) is 8.13. The van der Waals surface area contributed by atoms with Crippen LogP contribution in [0.2, 0.25) is 0 Å². The molecule has 2 aromatic rings. The predicted molar refractivity (Wildman–Crippen MR) is 69.6 cm³/mol. The van der Waals surface area contributed by atoms with E-state index in [4.69, 9.17) is 0 Å². The van der Waals surface area contributed by atoms with E-state index < -0.39 is 0 Å². The Balaban J connectivity index is 2.49. The van der Waals surface area contributed by atoms with Crippen LogP contribution in [0.1, 0.15) is 11.8 Å². The second-order valence-corrected chi connectivity index (χ2v) is 5.15. The quantitative estimate of drug-likeness (QED) is 0.857. The first kappa shape index (κ1) is 12.3. The standard InChI is InChI=1S/C10H10BrN3O2S/c1-2-13-4-3-9(15)14(10(13)16)6-8-7(11)5-12-17-8/h3-5H,2,6H2,1H3. The van der Waals surface area contributed by atoms with Crippen molar-refractivity contribution in [1.29, 1.82) is 0 Å². The van der Waals surface area contributed by atoms with Crippen molar-refractivity contribution in [3.63, 3.8) is 0 Å². The molecule has 0 unspecified atom stereocenters. The average Bonchev–Trinajstić information content (AvgIpc) is 2.70. The summed E-state index contributed by atoms with van der Waals surface area (Å²) >= 11 is 4.60. The Hall–Kier alpha value is -1.21. The van der Waals surface area contributed by atoms with Gasteiger partial charge in [-0.25, -0.2) is 4.79 Å². The van der Waals surface area contributed by atoms with Crippen LogP contribution in [-0.4, -0.2) is 13.5 Å². The monoisotopic (exact) mass is 315 g/mol. The number of halogens is 1. The van der Waals surface area contributed by atoms with E-state index in [1.807, 2.05) is 6.92 Å². The minimum absolute atomic E-state index is 0.254. The largest absolute Gasteiger partial charge is 0.331 e. The maximum atomic E-state index is 12.0. The van der Waals surface area contributed by atoms with Crippen LogP contribution >= 0.6 is 27.5 Å². The molecule has 90 valence electrons. The zero-order valence-corrected chi connectivity index (χ0v) is 11.5. The fraction of sp³-hybridized carbons (Fsp3) is 0.300. The van der Waals surface area contributed by atoms with Crippen LogP contribution in [0.25, 0.3) is 0 Å². The van der Waals surface area contributed by atoms with E-state index in [0.717, 1.165) is 9.35 Å². The van der Waals surface area contributed by atoms with Gasteiger partial charge in [0.1, 0.15) is 0 Å². The molecule has 0 aliphatic rings. The molecule has 0 N–H and O–H groups in total. The van der Waals surface area contributed by atoms with E-state index in [0.29, 0.717) is 6.54 Å². The molecule has 2 rings (SSSR count). The fourth-order valence-electron chi connectivity index (χ4n) is 1.44. The van der Waals surface area contributed by atoms with E-state index in [-0.39, 0.29) is 17.8 Å². The van der Waals surface area contributed by atoms with E-state index in [9.17, 15) is 9.59 Å². The van der Waals surface area contributed by atoms with Crippen LogP contribution in [0.3, 0.4) is 0 Å². The Bertz CT molecular complexity index is 643. The molecule has 0 amide bonds. The van der Waals surface area contributed by atoms with Crippen LogP contribution in [0.4, 0.5) is 0 Å². The highest BCUT2D eigenvalue weighted by Crippen LogP contribution is 2.19.